The second-order valence-corrected chi connectivity index (χ2v) is 14.5. The molecule has 0 saturated carbocycles. The maximum absolute atomic E-state index is 16.1. The zero-order valence-electron chi connectivity index (χ0n) is 29.8. The molecule has 5 unspecified atom stereocenters. The molecule has 0 radical (unpaired) electrons. The number of anilines is 1. The summed E-state index contributed by atoms with van der Waals surface area (Å²) in [6, 6.07) is 9.50. The van der Waals surface area contributed by atoms with Crippen LogP contribution < -0.4 is 20.7 Å². The molecule has 5 atom stereocenters. The Morgan fingerprint density at radius 2 is 1.79 bits per heavy atom. The summed E-state index contributed by atoms with van der Waals surface area (Å²) in [5.74, 6) is -5.37. The molecule has 4 N–H and O–H groups in total. The van der Waals surface area contributed by atoms with E-state index in [-0.39, 0.29) is 43.6 Å². The summed E-state index contributed by atoms with van der Waals surface area (Å²) in [6.07, 6.45) is 0.827. The number of carbonyl (C=O) groups is 4. The minimum atomic E-state index is -1.44. The van der Waals surface area contributed by atoms with Crippen molar-refractivity contribution in [1.29, 1.82) is 0 Å². The van der Waals surface area contributed by atoms with Crippen molar-refractivity contribution in [1.82, 2.24) is 10.6 Å². The van der Waals surface area contributed by atoms with E-state index in [9.17, 15) is 19.2 Å². The number of hydrogen-bond acceptors (Lipinski definition) is 9. The van der Waals surface area contributed by atoms with Crippen LogP contribution in [0.5, 0.6) is 5.75 Å². The number of esters is 1. The number of ether oxygens (including phenoxy) is 3. The number of benzene rings is 3. The van der Waals surface area contributed by atoms with Gasteiger partial charge in [0.2, 0.25) is 12.7 Å². The molecule has 1 saturated heterocycles. The summed E-state index contributed by atoms with van der Waals surface area (Å²) in [7, 11) is 2.82. The third-order valence-corrected chi connectivity index (χ3v) is 9.27. The highest BCUT2D eigenvalue weighted by Gasteiger charge is 2.59. The highest BCUT2D eigenvalue weighted by molar-refractivity contribution is 6.31. The van der Waals surface area contributed by atoms with Gasteiger partial charge in [-0.3, -0.25) is 14.6 Å². The Balaban J connectivity index is 1.73. The van der Waals surface area contributed by atoms with Crippen molar-refractivity contribution in [3.8, 4) is 5.75 Å². The first-order valence-electron chi connectivity index (χ1n) is 16.3. The van der Waals surface area contributed by atoms with Crippen LogP contribution in [0.25, 0.3) is 0 Å². The lowest BCUT2D eigenvalue weighted by Crippen LogP contribution is -2.47. The lowest BCUT2D eigenvalue weighted by atomic mass is 9.62. The van der Waals surface area contributed by atoms with Gasteiger partial charge in [-0.25, -0.2) is 18.4 Å². The number of aliphatic imine (C=N–C) groups is 1. The lowest BCUT2D eigenvalue weighted by molar-refractivity contribution is -0.139. The largest absolute Gasteiger partial charge is 0.495 e. The van der Waals surface area contributed by atoms with Crippen molar-refractivity contribution in [2.24, 2.45) is 10.4 Å². The van der Waals surface area contributed by atoms with Gasteiger partial charge < -0.3 is 35.3 Å². The van der Waals surface area contributed by atoms with E-state index in [1.807, 2.05) is 26.1 Å². The molecule has 0 aliphatic carbocycles. The van der Waals surface area contributed by atoms with Crippen LogP contribution in [0.4, 0.5) is 19.3 Å². The monoisotopic (exact) mass is 776 g/mol. The van der Waals surface area contributed by atoms with E-state index in [1.165, 1.54) is 63.5 Å². The Labute approximate surface area is 315 Å². The average Bonchev–Trinajstić information content (AvgIpc) is 3.38. The normalized spacial score (nSPS) is 20.5. The first-order valence-corrected chi connectivity index (χ1v) is 17.1. The Hall–Kier alpha value is -4.79. The van der Waals surface area contributed by atoms with Crippen LogP contribution >= 0.6 is 23.2 Å². The predicted octanol–water partition coefficient (Wildman–Crippen LogP) is 6.73. The summed E-state index contributed by atoms with van der Waals surface area (Å²) in [4.78, 5) is 54.2. The molecule has 3 aromatic rings. The second-order valence-electron chi connectivity index (χ2n) is 13.6. The van der Waals surface area contributed by atoms with Crippen molar-refractivity contribution in [2.75, 3.05) is 26.3 Å². The van der Waals surface area contributed by atoms with Crippen LogP contribution in [-0.2, 0) is 24.5 Å². The van der Waals surface area contributed by atoms with Crippen LogP contribution in [0.1, 0.15) is 61.5 Å². The van der Waals surface area contributed by atoms with E-state index in [1.54, 1.807) is 12.3 Å². The third-order valence-electron chi connectivity index (χ3n) is 8.74. The predicted molar refractivity (Wildman–Crippen MR) is 195 cm³/mol. The highest BCUT2D eigenvalue weighted by atomic mass is 35.5. The van der Waals surface area contributed by atoms with E-state index >= 15 is 8.78 Å². The second kappa shape index (κ2) is 16.9. The van der Waals surface area contributed by atoms with E-state index in [2.05, 4.69) is 15.6 Å². The highest BCUT2D eigenvalue weighted by Crippen LogP contribution is 2.52. The van der Waals surface area contributed by atoms with Crippen molar-refractivity contribution in [3.63, 3.8) is 0 Å². The fourth-order valence-electron chi connectivity index (χ4n) is 6.49. The van der Waals surface area contributed by atoms with Gasteiger partial charge in [-0.05, 0) is 60.7 Å². The number of carboxylic acids is 1. The molecule has 4 rings (SSSR count). The first kappa shape index (κ1) is 41.0. The molecule has 12 nitrogen and oxygen atoms in total. The van der Waals surface area contributed by atoms with Gasteiger partial charge in [0.1, 0.15) is 23.4 Å². The number of rotatable bonds is 12. The molecular weight excluding hydrogens is 737 g/mol. The molecule has 1 aliphatic rings. The van der Waals surface area contributed by atoms with E-state index in [0.29, 0.717) is 6.42 Å². The number of aliphatic carboxylic acids is 1. The zero-order chi connectivity index (χ0) is 39.2. The lowest BCUT2D eigenvalue weighted by Gasteiger charge is -2.40. The first-order chi connectivity index (χ1) is 24.9. The minimum absolute atomic E-state index is 0.0396. The van der Waals surface area contributed by atoms with Crippen molar-refractivity contribution in [2.45, 2.75) is 63.6 Å². The van der Waals surface area contributed by atoms with Crippen LogP contribution in [0, 0.1) is 17.0 Å². The number of nitrogens with one attached hydrogen (secondary N) is 3. The van der Waals surface area contributed by atoms with Gasteiger partial charge in [-0.2, -0.15) is 0 Å². The Morgan fingerprint density at radius 3 is 2.42 bits per heavy atom. The summed E-state index contributed by atoms with van der Waals surface area (Å²) < 4.78 is 47.4. The molecule has 1 fully saturated rings. The van der Waals surface area contributed by atoms with Crippen LogP contribution in [0.15, 0.2) is 59.6 Å². The van der Waals surface area contributed by atoms with Crippen LogP contribution in [0.3, 0.4) is 0 Å². The molecule has 3 aromatic carbocycles. The zero-order valence-corrected chi connectivity index (χ0v) is 31.3. The topological polar surface area (TPSA) is 165 Å². The van der Waals surface area contributed by atoms with Crippen molar-refractivity contribution >= 4 is 59.0 Å². The molecular formula is C37H40Cl2F2N4O8. The number of methoxy groups -OCH3 is 1. The van der Waals surface area contributed by atoms with Gasteiger partial charge in [-0.1, -0.05) is 62.2 Å². The summed E-state index contributed by atoms with van der Waals surface area (Å²) >= 11 is 12.5. The van der Waals surface area contributed by atoms with Gasteiger partial charge in [0.15, 0.2) is 0 Å². The smallest absolute Gasteiger partial charge is 0.410 e. The summed E-state index contributed by atoms with van der Waals surface area (Å²) in [5, 5.41) is 17.1. The summed E-state index contributed by atoms with van der Waals surface area (Å²) in [5.41, 5.74) is -1.52. The number of carboxylic acid groups (broad SMARTS) is 1. The van der Waals surface area contributed by atoms with Gasteiger partial charge >= 0.3 is 18.0 Å². The van der Waals surface area contributed by atoms with Crippen molar-refractivity contribution < 1.29 is 47.3 Å². The molecule has 2 amide bonds. The quantitative estimate of drug-likeness (QED) is 0.0887. The van der Waals surface area contributed by atoms with E-state index < -0.39 is 71.8 Å². The third kappa shape index (κ3) is 9.24. The molecule has 284 valence electrons. The molecule has 0 bridgehead atoms. The van der Waals surface area contributed by atoms with Gasteiger partial charge in [-0.15, -0.1) is 0 Å². The molecule has 1 aliphatic heterocycles. The van der Waals surface area contributed by atoms with E-state index in [4.69, 9.17) is 42.5 Å². The van der Waals surface area contributed by atoms with Gasteiger partial charge in [0.05, 0.1) is 34.8 Å². The Morgan fingerprint density at radius 1 is 1.08 bits per heavy atom. The molecule has 0 spiro atoms. The maximum atomic E-state index is 16.1. The van der Waals surface area contributed by atoms with E-state index in [0.717, 1.165) is 6.07 Å². The average molecular weight is 778 g/mol. The molecule has 16 heteroatoms. The fourth-order valence-corrected chi connectivity index (χ4v) is 6.83. The number of alkyl carbamates (subject to hydrolysis) is 1. The maximum Gasteiger partial charge on any atom is 0.410 e. The molecule has 53 heavy (non-hydrogen) atoms. The fraction of sp³-hybridized carbons (Fsp3) is 0.378. The molecule has 0 aromatic heterocycles. The number of halogens is 4. The Kier molecular flexibility index (Phi) is 13.1. The SMILES string of the molecule is CN=CC1(c2ccc(Cl)cc2F)C(CC(C)(C)C)NC(C(=O)Nc2ccc(C(=O)OCOC(=O)NC(C)C(=O)O)cc2OC)C1c1cccc(Cl)c1F. The van der Waals surface area contributed by atoms with Crippen LogP contribution in [0.2, 0.25) is 10.0 Å². The van der Waals surface area contributed by atoms with Crippen LogP contribution in [-0.4, -0.2) is 74.3 Å². The summed E-state index contributed by atoms with van der Waals surface area (Å²) in [6.45, 7) is 6.36. The van der Waals surface area contributed by atoms with Gasteiger partial charge in [0.25, 0.3) is 0 Å². The van der Waals surface area contributed by atoms with Gasteiger partial charge in [0, 0.05) is 35.8 Å². The molecule has 1 heterocycles. The number of amides is 2. The minimum Gasteiger partial charge on any atom is -0.495 e. The number of hydrogen-bond donors (Lipinski definition) is 4. The standard InChI is InChI=1S/C37H40Cl2F2N4O8/c1-19(33(47)48)43-35(50)53-18-52-34(49)20-10-13-26(27(14-20)51-6)44-32(46)31-29(22-8-7-9-24(39)30(22)41)37(17-42-5,28(45-31)16-36(2,3)4)23-12-11-21(38)15-25(23)40/h7-15,17,19,28-29,31,45H,16,18H2,1-6H3,(H,43,50)(H,44,46)(H,47,48). The Bertz CT molecular complexity index is 1910. The number of carbonyl (C=O) groups excluding carboxylic acids is 3. The van der Waals surface area contributed by atoms with Crippen molar-refractivity contribution in [3.05, 3.63) is 93.0 Å². The number of nitrogens with zero attached hydrogens (tertiary/aromatic N) is 1.